The lowest BCUT2D eigenvalue weighted by Crippen LogP contribution is -2.38. The summed E-state index contributed by atoms with van der Waals surface area (Å²) in [6, 6.07) is 0. The molecular formula is C14H20N4O2S. The van der Waals surface area contributed by atoms with Gasteiger partial charge in [-0.3, -0.25) is 14.1 Å². The topological polar surface area (TPSA) is 58.9 Å². The molecule has 1 amide bonds. The minimum Gasteiger partial charge on any atom is -0.379 e. The van der Waals surface area contributed by atoms with Crippen LogP contribution >= 0.6 is 11.3 Å². The number of fused-ring (bicyclic) bond motifs is 1. The maximum absolute atomic E-state index is 12.1. The van der Waals surface area contributed by atoms with Crippen molar-refractivity contribution in [1.82, 2.24) is 19.6 Å². The Morgan fingerprint density at radius 2 is 2.29 bits per heavy atom. The van der Waals surface area contributed by atoms with Crippen LogP contribution in [0.5, 0.6) is 0 Å². The van der Waals surface area contributed by atoms with Gasteiger partial charge in [-0.05, 0) is 19.9 Å². The van der Waals surface area contributed by atoms with Gasteiger partial charge in [-0.1, -0.05) is 0 Å². The van der Waals surface area contributed by atoms with E-state index in [9.17, 15) is 4.79 Å². The van der Waals surface area contributed by atoms with Crippen molar-refractivity contribution < 1.29 is 9.53 Å². The number of ether oxygens (including phenoxy) is 1. The molecule has 1 N–H and O–H groups in total. The fourth-order valence-corrected chi connectivity index (χ4v) is 3.27. The zero-order chi connectivity index (χ0) is 14.7. The number of thiazole rings is 1. The van der Waals surface area contributed by atoms with Gasteiger partial charge in [0.1, 0.15) is 5.69 Å². The summed E-state index contributed by atoms with van der Waals surface area (Å²) in [4.78, 5) is 19.6. The molecule has 0 radical (unpaired) electrons. The number of carbonyl (C=O) groups is 1. The van der Waals surface area contributed by atoms with Crippen molar-refractivity contribution in [2.24, 2.45) is 0 Å². The Morgan fingerprint density at radius 3 is 3.05 bits per heavy atom. The lowest BCUT2D eigenvalue weighted by Gasteiger charge is -2.26. The third kappa shape index (κ3) is 3.42. The Bertz CT molecular complexity index is 616. The smallest absolute Gasteiger partial charge is 0.271 e. The van der Waals surface area contributed by atoms with E-state index in [0.29, 0.717) is 12.2 Å². The maximum Gasteiger partial charge on any atom is 0.271 e. The van der Waals surface area contributed by atoms with Crippen LogP contribution in [0.1, 0.15) is 22.6 Å². The number of rotatable bonds is 5. The van der Waals surface area contributed by atoms with Crippen molar-refractivity contribution in [2.45, 2.75) is 13.3 Å². The minimum absolute atomic E-state index is 0.0905. The normalized spacial score (nSPS) is 16.4. The average Bonchev–Trinajstić information content (AvgIpc) is 3.07. The molecule has 7 heteroatoms. The molecule has 6 nitrogen and oxygen atoms in total. The van der Waals surface area contributed by atoms with Gasteiger partial charge in [0, 0.05) is 36.9 Å². The molecule has 0 saturated carbocycles. The van der Waals surface area contributed by atoms with Gasteiger partial charge in [-0.25, -0.2) is 4.98 Å². The molecule has 1 aliphatic heterocycles. The SMILES string of the molecule is Cc1csc2nc(C(=O)NCCCN3CCOCC3)cn12. The lowest BCUT2D eigenvalue weighted by atomic mass is 10.3. The van der Waals surface area contributed by atoms with E-state index in [4.69, 9.17) is 4.74 Å². The predicted molar refractivity (Wildman–Crippen MR) is 82.0 cm³/mol. The van der Waals surface area contributed by atoms with Gasteiger partial charge in [0.05, 0.1) is 13.2 Å². The molecule has 114 valence electrons. The molecule has 2 aromatic heterocycles. The van der Waals surface area contributed by atoms with Crippen LogP contribution in [0.4, 0.5) is 0 Å². The first kappa shape index (κ1) is 14.5. The highest BCUT2D eigenvalue weighted by Crippen LogP contribution is 2.15. The quantitative estimate of drug-likeness (QED) is 0.842. The number of hydrogen-bond donors (Lipinski definition) is 1. The van der Waals surface area contributed by atoms with Gasteiger partial charge in [-0.15, -0.1) is 11.3 Å². The highest BCUT2D eigenvalue weighted by atomic mass is 32.1. The number of imidazole rings is 1. The highest BCUT2D eigenvalue weighted by molar-refractivity contribution is 7.15. The zero-order valence-electron chi connectivity index (χ0n) is 12.2. The summed E-state index contributed by atoms with van der Waals surface area (Å²) in [6.45, 7) is 7.31. The molecule has 2 aromatic rings. The van der Waals surface area contributed by atoms with Crippen molar-refractivity contribution in [3.05, 3.63) is 23.0 Å². The van der Waals surface area contributed by atoms with E-state index in [-0.39, 0.29) is 5.91 Å². The van der Waals surface area contributed by atoms with Gasteiger partial charge < -0.3 is 10.1 Å². The van der Waals surface area contributed by atoms with Crippen LogP contribution in [0.2, 0.25) is 0 Å². The van der Waals surface area contributed by atoms with E-state index in [2.05, 4.69) is 15.2 Å². The average molecular weight is 308 g/mol. The molecule has 3 rings (SSSR count). The standard InChI is InChI=1S/C14H20N4O2S/c1-11-10-21-14-16-12(9-18(11)14)13(19)15-3-2-4-17-5-7-20-8-6-17/h9-10H,2-8H2,1H3,(H,15,19). The molecule has 3 heterocycles. The summed E-state index contributed by atoms with van der Waals surface area (Å²) in [5, 5.41) is 4.97. The summed E-state index contributed by atoms with van der Waals surface area (Å²) in [7, 11) is 0. The van der Waals surface area contributed by atoms with Crippen LogP contribution in [-0.2, 0) is 4.74 Å². The summed E-state index contributed by atoms with van der Waals surface area (Å²) in [5.74, 6) is -0.0905. The van der Waals surface area contributed by atoms with Crippen molar-refractivity contribution in [1.29, 1.82) is 0 Å². The molecule has 0 aliphatic carbocycles. The van der Waals surface area contributed by atoms with Gasteiger partial charge in [0.15, 0.2) is 4.96 Å². The molecule has 21 heavy (non-hydrogen) atoms. The number of hydrogen-bond acceptors (Lipinski definition) is 5. The fourth-order valence-electron chi connectivity index (χ4n) is 2.42. The largest absolute Gasteiger partial charge is 0.379 e. The van der Waals surface area contributed by atoms with Crippen LogP contribution in [0.25, 0.3) is 4.96 Å². The van der Waals surface area contributed by atoms with E-state index in [1.165, 1.54) is 0 Å². The van der Waals surface area contributed by atoms with Crippen LogP contribution in [0, 0.1) is 6.92 Å². The molecule has 1 saturated heterocycles. The summed E-state index contributed by atoms with van der Waals surface area (Å²) in [6.07, 6.45) is 2.76. The first-order valence-electron chi connectivity index (χ1n) is 7.25. The summed E-state index contributed by atoms with van der Waals surface area (Å²) < 4.78 is 7.26. The summed E-state index contributed by atoms with van der Waals surface area (Å²) >= 11 is 1.55. The molecule has 1 aliphatic rings. The van der Waals surface area contributed by atoms with E-state index in [0.717, 1.165) is 49.9 Å². The Morgan fingerprint density at radius 1 is 1.48 bits per heavy atom. The molecule has 0 spiro atoms. The van der Waals surface area contributed by atoms with Crippen LogP contribution in [0.15, 0.2) is 11.6 Å². The van der Waals surface area contributed by atoms with Gasteiger partial charge >= 0.3 is 0 Å². The lowest BCUT2D eigenvalue weighted by molar-refractivity contribution is 0.0374. The number of aryl methyl sites for hydroxylation is 1. The predicted octanol–water partition coefficient (Wildman–Crippen LogP) is 1.16. The zero-order valence-corrected chi connectivity index (χ0v) is 13.0. The third-order valence-corrected chi connectivity index (χ3v) is 4.62. The minimum atomic E-state index is -0.0905. The molecule has 0 aromatic carbocycles. The second kappa shape index (κ2) is 6.55. The van der Waals surface area contributed by atoms with Crippen LogP contribution in [-0.4, -0.2) is 59.6 Å². The van der Waals surface area contributed by atoms with Crippen LogP contribution in [0.3, 0.4) is 0 Å². The fraction of sp³-hybridized carbons (Fsp3) is 0.571. The second-order valence-electron chi connectivity index (χ2n) is 5.22. The molecule has 0 unspecified atom stereocenters. The summed E-state index contributed by atoms with van der Waals surface area (Å²) in [5.41, 5.74) is 1.60. The highest BCUT2D eigenvalue weighted by Gasteiger charge is 2.13. The van der Waals surface area contributed by atoms with Crippen LogP contribution < -0.4 is 5.32 Å². The van der Waals surface area contributed by atoms with Crippen molar-refractivity contribution >= 4 is 22.2 Å². The second-order valence-corrected chi connectivity index (χ2v) is 6.06. The Balaban J connectivity index is 1.45. The number of nitrogens with zero attached hydrogens (tertiary/aromatic N) is 3. The third-order valence-electron chi connectivity index (χ3n) is 3.66. The molecule has 0 atom stereocenters. The van der Waals surface area contributed by atoms with E-state index in [1.807, 2.05) is 16.7 Å². The number of nitrogens with one attached hydrogen (secondary N) is 1. The Kier molecular flexibility index (Phi) is 4.52. The van der Waals surface area contributed by atoms with Crippen molar-refractivity contribution in [3.63, 3.8) is 0 Å². The number of carbonyl (C=O) groups excluding carboxylic acids is 1. The number of morpholine rings is 1. The first-order valence-corrected chi connectivity index (χ1v) is 8.13. The molecular weight excluding hydrogens is 288 g/mol. The van der Waals surface area contributed by atoms with Gasteiger partial charge in [0.2, 0.25) is 0 Å². The molecule has 1 fully saturated rings. The van der Waals surface area contributed by atoms with Crippen molar-refractivity contribution in [3.8, 4) is 0 Å². The molecule has 0 bridgehead atoms. The van der Waals surface area contributed by atoms with Gasteiger partial charge in [0.25, 0.3) is 5.91 Å². The van der Waals surface area contributed by atoms with Crippen molar-refractivity contribution in [2.75, 3.05) is 39.4 Å². The van der Waals surface area contributed by atoms with E-state index < -0.39 is 0 Å². The van der Waals surface area contributed by atoms with E-state index in [1.54, 1.807) is 17.5 Å². The monoisotopic (exact) mass is 308 g/mol. The number of amides is 1. The number of aromatic nitrogens is 2. The first-order chi connectivity index (χ1) is 10.2. The van der Waals surface area contributed by atoms with E-state index >= 15 is 0 Å². The maximum atomic E-state index is 12.1. The van der Waals surface area contributed by atoms with Gasteiger partial charge in [-0.2, -0.15) is 0 Å². The Labute approximate surface area is 127 Å². The Hall–Kier alpha value is -1.44.